The standard InChI is InChI=1S/C26H18ClF3N2O5S/c1-32(18-8-4-2-5-9-18)25(33)37-22-13-12-19(15-23(22)38(34,35)20-10-6-3-7-11-20)36-24-21(27)14-17(16-31-24)26(28,29)30/h2-16H,1H3. The van der Waals surface area contributed by atoms with Crippen LogP contribution in [0, 0.1) is 0 Å². The van der Waals surface area contributed by atoms with Gasteiger partial charge in [0, 0.05) is 25.0 Å². The number of nitrogens with zero attached hydrogens (tertiary/aromatic N) is 2. The third kappa shape index (κ3) is 5.90. The Morgan fingerprint density at radius 1 is 0.947 bits per heavy atom. The molecule has 196 valence electrons. The van der Waals surface area contributed by atoms with Gasteiger partial charge in [0.05, 0.1) is 10.5 Å². The molecule has 12 heteroatoms. The number of halogens is 4. The molecule has 0 atom stereocenters. The molecule has 4 aromatic rings. The van der Waals surface area contributed by atoms with Gasteiger partial charge in [0.1, 0.15) is 15.7 Å². The van der Waals surface area contributed by atoms with E-state index in [0.29, 0.717) is 18.0 Å². The number of benzene rings is 3. The van der Waals surface area contributed by atoms with Crippen LogP contribution in [-0.4, -0.2) is 26.5 Å². The van der Waals surface area contributed by atoms with Crippen LogP contribution in [-0.2, 0) is 16.0 Å². The zero-order valence-electron chi connectivity index (χ0n) is 19.5. The highest BCUT2D eigenvalue weighted by Gasteiger charge is 2.32. The van der Waals surface area contributed by atoms with Crippen LogP contribution in [0.5, 0.6) is 17.4 Å². The lowest BCUT2D eigenvalue weighted by Crippen LogP contribution is -2.29. The van der Waals surface area contributed by atoms with Crippen molar-refractivity contribution in [2.24, 2.45) is 0 Å². The summed E-state index contributed by atoms with van der Waals surface area (Å²) in [5, 5.41) is -0.438. The Balaban J connectivity index is 1.72. The second-order valence-corrected chi connectivity index (χ2v) is 10.1. The van der Waals surface area contributed by atoms with Gasteiger partial charge < -0.3 is 9.47 Å². The largest absolute Gasteiger partial charge is 0.437 e. The molecule has 0 aliphatic carbocycles. The number of alkyl halides is 3. The Labute approximate surface area is 220 Å². The number of aromatic nitrogens is 1. The van der Waals surface area contributed by atoms with Gasteiger partial charge in [0.25, 0.3) is 0 Å². The van der Waals surface area contributed by atoms with Gasteiger partial charge in [0.2, 0.25) is 15.7 Å². The van der Waals surface area contributed by atoms with E-state index in [-0.39, 0.29) is 22.3 Å². The number of pyridine rings is 1. The number of hydrogen-bond donors (Lipinski definition) is 0. The molecule has 7 nitrogen and oxygen atoms in total. The van der Waals surface area contributed by atoms with Crippen LogP contribution < -0.4 is 14.4 Å². The molecular weight excluding hydrogens is 545 g/mol. The van der Waals surface area contributed by atoms with Crippen molar-refractivity contribution < 1.29 is 35.9 Å². The number of ether oxygens (including phenoxy) is 2. The summed E-state index contributed by atoms with van der Waals surface area (Å²) in [6, 6.07) is 20.1. The number of para-hydroxylation sites is 1. The summed E-state index contributed by atoms with van der Waals surface area (Å²) in [5.41, 5.74) is -0.570. The lowest BCUT2D eigenvalue weighted by Gasteiger charge is -2.19. The molecule has 0 fully saturated rings. The number of carbonyl (C=O) groups is 1. The lowest BCUT2D eigenvalue weighted by atomic mass is 10.3. The fourth-order valence-corrected chi connectivity index (χ4v) is 4.88. The van der Waals surface area contributed by atoms with E-state index in [1.807, 2.05) is 0 Å². The van der Waals surface area contributed by atoms with Gasteiger partial charge in [-0.3, -0.25) is 4.90 Å². The Hall–Kier alpha value is -4.09. The normalized spacial score (nSPS) is 11.6. The average Bonchev–Trinajstić information content (AvgIpc) is 2.90. The molecule has 4 rings (SSSR count). The summed E-state index contributed by atoms with van der Waals surface area (Å²) in [4.78, 5) is 17.1. The summed E-state index contributed by atoms with van der Waals surface area (Å²) >= 11 is 5.92. The Morgan fingerprint density at radius 2 is 1.58 bits per heavy atom. The first-order valence-corrected chi connectivity index (χ1v) is 12.7. The summed E-state index contributed by atoms with van der Waals surface area (Å²) < 4.78 is 76.7. The number of carbonyl (C=O) groups excluding carboxylic acids is 1. The summed E-state index contributed by atoms with van der Waals surface area (Å²) in [5.74, 6) is -0.790. The molecule has 0 bridgehead atoms. The number of rotatable bonds is 6. The van der Waals surface area contributed by atoms with Gasteiger partial charge in [-0.15, -0.1) is 0 Å². The summed E-state index contributed by atoms with van der Waals surface area (Å²) in [7, 11) is -2.78. The van der Waals surface area contributed by atoms with Crippen LogP contribution >= 0.6 is 11.6 Å². The maximum absolute atomic E-state index is 13.5. The zero-order chi connectivity index (χ0) is 27.5. The van der Waals surface area contributed by atoms with E-state index in [2.05, 4.69) is 4.98 Å². The van der Waals surface area contributed by atoms with Crippen molar-refractivity contribution >= 4 is 33.2 Å². The molecule has 0 spiro atoms. The van der Waals surface area contributed by atoms with Crippen LogP contribution in [0.1, 0.15) is 5.56 Å². The van der Waals surface area contributed by atoms with Crippen LogP contribution in [0.15, 0.2) is 101 Å². The second-order valence-electron chi connectivity index (χ2n) is 7.80. The van der Waals surface area contributed by atoms with E-state index in [9.17, 15) is 26.4 Å². The van der Waals surface area contributed by atoms with E-state index in [4.69, 9.17) is 21.1 Å². The zero-order valence-corrected chi connectivity index (χ0v) is 21.1. The minimum atomic E-state index is -4.66. The van der Waals surface area contributed by atoms with E-state index < -0.39 is 37.6 Å². The highest BCUT2D eigenvalue weighted by Crippen LogP contribution is 2.38. The van der Waals surface area contributed by atoms with Crippen molar-refractivity contribution in [2.75, 3.05) is 11.9 Å². The topological polar surface area (TPSA) is 85.8 Å². The number of anilines is 1. The molecule has 0 aliphatic heterocycles. The van der Waals surface area contributed by atoms with E-state index in [1.165, 1.54) is 48.3 Å². The molecule has 1 heterocycles. The first kappa shape index (κ1) is 27.0. The molecular formula is C26H18ClF3N2O5S. The lowest BCUT2D eigenvalue weighted by molar-refractivity contribution is -0.137. The fourth-order valence-electron chi connectivity index (χ4n) is 3.26. The van der Waals surface area contributed by atoms with Gasteiger partial charge in [-0.2, -0.15) is 13.2 Å². The smallest absolute Gasteiger partial charge is 0.419 e. The van der Waals surface area contributed by atoms with Crippen molar-refractivity contribution in [3.05, 3.63) is 102 Å². The number of sulfone groups is 1. The van der Waals surface area contributed by atoms with Crippen molar-refractivity contribution in [3.8, 4) is 17.4 Å². The molecule has 0 aliphatic rings. The first-order valence-electron chi connectivity index (χ1n) is 10.8. The van der Waals surface area contributed by atoms with Gasteiger partial charge >= 0.3 is 12.3 Å². The van der Waals surface area contributed by atoms with Crippen LogP contribution in [0.2, 0.25) is 5.02 Å². The third-order valence-electron chi connectivity index (χ3n) is 5.22. The minimum Gasteiger partial charge on any atom is -0.437 e. The number of hydrogen-bond acceptors (Lipinski definition) is 6. The summed E-state index contributed by atoms with van der Waals surface area (Å²) in [6.07, 6.45) is -4.98. The van der Waals surface area contributed by atoms with Crippen molar-refractivity contribution in [1.82, 2.24) is 4.98 Å². The highest BCUT2D eigenvalue weighted by atomic mass is 35.5. The molecule has 0 saturated heterocycles. The monoisotopic (exact) mass is 562 g/mol. The maximum atomic E-state index is 13.5. The van der Waals surface area contributed by atoms with E-state index in [0.717, 1.165) is 6.07 Å². The Kier molecular flexibility index (Phi) is 7.61. The molecule has 3 aromatic carbocycles. The molecule has 0 radical (unpaired) electrons. The fraction of sp³-hybridized carbons (Fsp3) is 0.0769. The van der Waals surface area contributed by atoms with E-state index >= 15 is 0 Å². The minimum absolute atomic E-state index is 0.0865. The van der Waals surface area contributed by atoms with E-state index in [1.54, 1.807) is 36.4 Å². The SMILES string of the molecule is CN(C(=O)Oc1ccc(Oc2ncc(C(F)(F)F)cc2Cl)cc1S(=O)(=O)c1ccccc1)c1ccccc1. The van der Waals surface area contributed by atoms with Gasteiger partial charge in [-0.05, 0) is 42.5 Å². The van der Waals surface area contributed by atoms with Crippen molar-refractivity contribution in [1.29, 1.82) is 0 Å². The van der Waals surface area contributed by atoms with Crippen LogP contribution in [0.4, 0.5) is 23.7 Å². The Morgan fingerprint density at radius 3 is 2.18 bits per heavy atom. The molecule has 38 heavy (non-hydrogen) atoms. The molecule has 0 saturated carbocycles. The van der Waals surface area contributed by atoms with Crippen LogP contribution in [0.25, 0.3) is 0 Å². The average molecular weight is 563 g/mol. The molecule has 1 aromatic heterocycles. The van der Waals surface area contributed by atoms with Crippen molar-refractivity contribution in [2.45, 2.75) is 16.0 Å². The number of amides is 1. The maximum Gasteiger partial charge on any atom is 0.419 e. The molecule has 1 amide bonds. The van der Waals surface area contributed by atoms with Crippen molar-refractivity contribution in [3.63, 3.8) is 0 Å². The predicted molar refractivity (Wildman–Crippen MR) is 134 cm³/mol. The predicted octanol–water partition coefficient (Wildman–Crippen LogP) is 7.01. The van der Waals surface area contributed by atoms with Gasteiger partial charge in [-0.1, -0.05) is 48.0 Å². The van der Waals surface area contributed by atoms with Crippen LogP contribution in [0.3, 0.4) is 0 Å². The Bertz CT molecular complexity index is 1570. The van der Waals surface area contributed by atoms with Gasteiger partial charge in [-0.25, -0.2) is 18.2 Å². The third-order valence-corrected chi connectivity index (χ3v) is 7.28. The molecule has 0 unspecified atom stereocenters. The summed E-state index contributed by atoms with van der Waals surface area (Å²) in [6.45, 7) is 0. The van der Waals surface area contributed by atoms with Gasteiger partial charge in [0.15, 0.2) is 5.75 Å². The first-order chi connectivity index (χ1) is 18.0. The highest BCUT2D eigenvalue weighted by molar-refractivity contribution is 7.91. The second kappa shape index (κ2) is 10.7. The molecule has 0 N–H and O–H groups in total. The quantitative estimate of drug-likeness (QED) is 0.251.